The van der Waals surface area contributed by atoms with E-state index in [0.717, 1.165) is 6.54 Å². The average molecular weight is 161 g/mol. The van der Waals surface area contributed by atoms with Crippen LogP contribution in [0.15, 0.2) is 11.3 Å². The zero-order valence-corrected chi connectivity index (χ0v) is 9.19. The molecule has 1 rings (SSSR count). The van der Waals surface area contributed by atoms with Crippen molar-refractivity contribution in [3.05, 3.63) is 17.0 Å². The van der Waals surface area contributed by atoms with Crippen LogP contribution in [-0.4, -0.2) is 13.1 Å². The van der Waals surface area contributed by atoms with E-state index in [-0.39, 0.29) is 51.4 Å². The topological polar surface area (TPSA) is 59.6 Å². The van der Waals surface area contributed by atoms with Gasteiger partial charge in [0.2, 0.25) is 0 Å². The van der Waals surface area contributed by atoms with Crippen LogP contribution in [0.25, 0.3) is 5.73 Å². The minimum absolute atomic E-state index is 0. The number of rotatable bonds is 0. The van der Waals surface area contributed by atoms with Crippen molar-refractivity contribution in [1.82, 2.24) is 5.32 Å². The summed E-state index contributed by atoms with van der Waals surface area (Å²) in [6, 6.07) is 1.98. The van der Waals surface area contributed by atoms with Crippen LogP contribution in [0.5, 0.6) is 0 Å². The third-order valence-electron chi connectivity index (χ3n) is 1.35. The van der Waals surface area contributed by atoms with Crippen LogP contribution in [0, 0.1) is 11.3 Å². The fourth-order valence-corrected chi connectivity index (χ4v) is 0.791. The SMILES string of the molecule is N#CC1=C([NH-])CCNC1.[K+]. The van der Waals surface area contributed by atoms with Gasteiger partial charge >= 0.3 is 51.4 Å². The number of hydrogen-bond donors (Lipinski definition) is 1. The first-order valence-electron chi connectivity index (χ1n) is 2.89. The molecule has 10 heavy (non-hydrogen) atoms. The van der Waals surface area contributed by atoms with E-state index < -0.39 is 0 Å². The molecule has 0 aromatic heterocycles. The van der Waals surface area contributed by atoms with Gasteiger partial charge in [-0.3, -0.25) is 0 Å². The van der Waals surface area contributed by atoms with Crippen LogP contribution < -0.4 is 56.7 Å². The Labute approximate surface area is 103 Å². The van der Waals surface area contributed by atoms with Crippen molar-refractivity contribution < 1.29 is 51.4 Å². The zero-order chi connectivity index (χ0) is 6.69. The average Bonchev–Trinajstić information content (AvgIpc) is 1.89. The van der Waals surface area contributed by atoms with Crippen molar-refractivity contribution in [3.63, 3.8) is 0 Å². The molecule has 0 radical (unpaired) electrons. The van der Waals surface area contributed by atoms with Gasteiger partial charge in [0.1, 0.15) is 0 Å². The van der Waals surface area contributed by atoms with Crippen molar-refractivity contribution in [3.8, 4) is 6.07 Å². The van der Waals surface area contributed by atoms with E-state index in [0.29, 0.717) is 24.2 Å². The Morgan fingerprint density at radius 1 is 1.60 bits per heavy atom. The van der Waals surface area contributed by atoms with Crippen LogP contribution in [0.3, 0.4) is 0 Å². The van der Waals surface area contributed by atoms with E-state index in [1.165, 1.54) is 0 Å². The fraction of sp³-hybridized carbons (Fsp3) is 0.500. The van der Waals surface area contributed by atoms with Crippen molar-refractivity contribution in [2.45, 2.75) is 6.42 Å². The summed E-state index contributed by atoms with van der Waals surface area (Å²) in [5.41, 5.74) is 8.33. The molecule has 0 atom stereocenters. The Kier molecular flexibility index (Phi) is 5.63. The summed E-state index contributed by atoms with van der Waals surface area (Å²) in [5, 5.41) is 11.4. The van der Waals surface area contributed by atoms with Gasteiger partial charge in [-0.2, -0.15) is 5.26 Å². The molecule has 4 heteroatoms. The molecule has 1 aliphatic rings. The molecule has 0 aliphatic carbocycles. The summed E-state index contributed by atoms with van der Waals surface area (Å²) in [7, 11) is 0. The Balaban J connectivity index is 0.000000810. The van der Waals surface area contributed by atoms with E-state index >= 15 is 0 Å². The molecule has 0 aromatic rings. The standard InChI is InChI=1S/C6H8N3.K/c7-3-5-4-9-2-1-6(5)8;/h8-9H,1-2,4H2;/q-1;+1. The van der Waals surface area contributed by atoms with Crippen molar-refractivity contribution in [2.24, 2.45) is 0 Å². The van der Waals surface area contributed by atoms with Gasteiger partial charge < -0.3 is 11.1 Å². The molecule has 1 heterocycles. The maximum Gasteiger partial charge on any atom is 1.00 e. The summed E-state index contributed by atoms with van der Waals surface area (Å²) in [5.74, 6) is 0. The first-order chi connectivity index (χ1) is 4.34. The van der Waals surface area contributed by atoms with Crippen LogP contribution >= 0.6 is 0 Å². The van der Waals surface area contributed by atoms with Crippen LogP contribution in [-0.2, 0) is 0 Å². The van der Waals surface area contributed by atoms with Gasteiger partial charge in [-0.15, -0.1) is 5.70 Å². The Morgan fingerprint density at radius 3 is 2.70 bits per heavy atom. The van der Waals surface area contributed by atoms with Gasteiger partial charge in [0.05, 0.1) is 6.07 Å². The molecule has 2 N–H and O–H groups in total. The van der Waals surface area contributed by atoms with E-state index in [1.807, 2.05) is 6.07 Å². The molecule has 0 saturated carbocycles. The number of hydrogen-bond acceptors (Lipinski definition) is 2. The molecule has 0 amide bonds. The zero-order valence-electron chi connectivity index (χ0n) is 6.07. The second kappa shape index (κ2) is 5.30. The molecule has 48 valence electrons. The molecule has 1 aliphatic heterocycles. The Hall–Kier alpha value is 0.626. The summed E-state index contributed by atoms with van der Waals surface area (Å²) in [6.45, 7) is 1.42. The third-order valence-corrected chi connectivity index (χ3v) is 1.35. The van der Waals surface area contributed by atoms with Crippen LogP contribution in [0.2, 0.25) is 0 Å². The number of nitriles is 1. The molecule has 3 nitrogen and oxygen atoms in total. The van der Waals surface area contributed by atoms with Gasteiger partial charge in [0, 0.05) is 12.1 Å². The molecule has 0 bridgehead atoms. The van der Waals surface area contributed by atoms with Crippen LogP contribution in [0.1, 0.15) is 6.42 Å². The molecule has 0 unspecified atom stereocenters. The van der Waals surface area contributed by atoms with E-state index in [2.05, 4.69) is 5.32 Å². The molecule has 0 fully saturated rings. The van der Waals surface area contributed by atoms with Crippen LogP contribution in [0.4, 0.5) is 0 Å². The molecular weight excluding hydrogens is 153 g/mol. The third kappa shape index (κ3) is 2.70. The Morgan fingerprint density at radius 2 is 2.30 bits per heavy atom. The fourth-order valence-electron chi connectivity index (χ4n) is 0.791. The van der Waals surface area contributed by atoms with Crippen molar-refractivity contribution >= 4 is 0 Å². The second-order valence-corrected chi connectivity index (χ2v) is 2.00. The quantitative estimate of drug-likeness (QED) is 0.410. The van der Waals surface area contributed by atoms with Gasteiger partial charge in [-0.25, -0.2) is 0 Å². The Bertz CT molecular complexity index is 180. The minimum Gasteiger partial charge on any atom is -0.701 e. The number of nitrogens with one attached hydrogen (secondary N) is 2. The van der Waals surface area contributed by atoms with E-state index in [9.17, 15) is 0 Å². The monoisotopic (exact) mass is 161 g/mol. The summed E-state index contributed by atoms with van der Waals surface area (Å²) in [4.78, 5) is 0. The molecular formula is C6H8KN3. The van der Waals surface area contributed by atoms with Gasteiger partial charge in [-0.1, -0.05) is 0 Å². The first kappa shape index (κ1) is 10.6. The summed E-state index contributed by atoms with van der Waals surface area (Å²) < 4.78 is 0. The first-order valence-corrected chi connectivity index (χ1v) is 2.89. The largest absolute Gasteiger partial charge is 1.00 e. The summed E-state index contributed by atoms with van der Waals surface area (Å²) >= 11 is 0. The smallest absolute Gasteiger partial charge is 0.701 e. The normalized spacial score (nSPS) is 17.5. The predicted octanol–water partition coefficient (Wildman–Crippen LogP) is -2.19. The molecule has 0 spiro atoms. The number of nitrogens with zero attached hydrogens (tertiary/aromatic N) is 1. The van der Waals surface area contributed by atoms with Gasteiger partial charge in [-0.05, 0) is 13.0 Å². The maximum absolute atomic E-state index is 8.39. The predicted molar refractivity (Wildman–Crippen MR) is 34.4 cm³/mol. The van der Waals surface area contributed by atoms with E-state index in [4.69, 9.17) is 11.0 Å². The second-order valence-electron chi connectivity index (χ2n) is 2.00. The van der Waals surface area contributed by atoms with E-state index in [1.54, 1.807) is 0 Å². The molecule has 0 aromatic carbocycles. The summed E-state index contributed by atoms with van der Waals surface area (Å²) in [6.07, 6.45) is 0.697. The van der Waals surface area contributed by atoms with Gasteiger partial charge in [0.15, 0.2) is 0 Å². The molecule has 0 saturated heterocycles. The van der Waals surface area contributed by atoms with Crippen molar-refractivity contribution in [2.75, 3.05) is 13.1 Å². The van der Waals surface area contributed by atoms with Gasteiger partial charge in [0.25, 0.3) is 0 Å². The maximum atomic E-state index is 8.39. The minimum atomic E-state index is 0. The van der Waals surface area contributed by atoms with Crippen molar-refractivity contribution in [1.29, 1.82) is 5.26 Å².